The predicted octanol–water partition coefficient (Wildman–Crippen LogP) is 3.51. The molecular formula is C13H21BrN2O. The van der Waals surface area contributed by atoms with E-state index in [0.717, 1.165) is 18.7 Å². The third-order valence-electron chi connectivity index (χ3n) is 3.71. The Morgan fingerprint density at radius 3 is 2.94 bits per heavy atom. The number of aryl methyl sites for hydroxylation is 1. The lowest BCUT2D eigenvalue weighted by atomic mass is 9.84. The van der Waals surface area contributed by atoms with Gasteiger partial charge in [0.2, 0.25) is 0 Å². The van der Waals surface area contributed by atoms with E-state index in [0.29, 0.717) is 4.83 Å². The van der Waals surface area contributed by atoms with Gasteiger partial charge in [0.05, 0.1) is 19.0 Å². The Morgan fingerprint density at radius 1 is 1.65 bits per heavy atom. The molecule has 1 aromatic heterocycles. The van der Waals surface area contributed by atoms with Crippen LogP contribution in [0.3, 0.4) is 0 Å². The molecule has 1 aliphatic carbocycles. The molecule has 2 rings (SSSR count). The van der Waals surface area contributed by atoms with Crippen molar-refractivity contribution in [2.75, 3.05) is 7.11 Å². The van der Waals surface area contributed by atoms with Crippen LogP contribution in [0.5, 0.6) is 5.75 Å². The fraction of sp³-hybridized carbons (Fsp3) is 0.769. The number of halogens is 1. The van der Waals surface area contributed by atoms with Gasteiger partial charge in [-0.2, -0.15) is 5.10 Å². The van der Waals surface area contributed by atoms with Gasteiger partial charge in [0.15, 0.2) is 5.75 Å². The maximum atomic E-state index is 5.49. The van der Waals surface area contributed by atoms with Gasteiger partial charge < -0.3 is 4.74 Å². The zero-order chi connectivity index (χ0) is 12.5. The summed E-state index contributed by atoms with van der Waals surface area (Å²) in [7, 11) is 1.74. The van der Waals surface area contributed by atoms with E-state index in [1.807, 2.05) is 6.20 Å². The summed E-state index contributed by atoms with van der Waals surface area (Å²) >= 11 is 3.74. The van der Waals surface area contributed by atoms with Gasteiger partial charge in [-0.3, -0.25) is 4.68 Å². The van der Waals surface area contributed by atoms with Crippen LogP contribution >= 0.6 is 15.9 Å². The Balaban J connectivity index is 2.38. The first-order chi connectivity index (χ1) is 8.10. The quantitative estimate of drug-likeness (QED) is 0.796. The Hall–Kier alpha value is -0.510. The smallest absolute Gasteiger partial charge is 0.160 e. The third kappa shape index (κ3) is 2.37. The lowest BCUT2D eigenvalue weighted by Gasteiger charge is -2.26. The minimum atomic E-state index is 0.200. The minimum absolute atomic E-state index is 0.200. The van der Waals surface area contributed by atoms with Gasteiger partial charge in [-0.15, -0.1) is 0 Å². The largest absolute Gasteiger partial charge is 0.493 e. The van der Waals surface area contributed by atoms with E-state index >= 15 is 0 Å². The van der Waals surface area contributed by atoms with Crippen LogP contribution in [0, 0.1) is 0 Å². The van der Waals surface area contributed by atoms with Crippen LogP contribution in [0.15, 0.2) is 6.20 Å². The molecular weight excluding hydrogens is 280 g/mol. The molecule has 2 atom stereocenters. The summed E-state index contributed by atoms with van der Waals surface area (Å²) in [4.78, 5) is 0.627. The Morgan fingerprint density at radius 2 is 2.41 bits per heavy atom. The van der Waals surface area contributed by atoms with Crippen molar-refractivity contribution < 1.29 is 4.74 Å². The molecule has 4 heteroatoms. The molecule has 0 bridgehead atoms. The van der Waals surface area contributed by atoms with E-state index < -0.39 is 0 Å². The van der Waals surface area contributed by atoms with E-state index in [4.69, 9.17) is 4.74 Å². The van der Waals surface area contributed by atoms with Gasteiger partial charge in [-0.1, -0.05) is 29.8 Å². The third-order valence-corrected chi connectivity index (χ3v) is 4.50. The fourth-order valence-electron chi connectivity index (χ4n) is 2.89. The number of hydrogen-bond donors (Lipinski definition) is 0. The maximum Gasteiger partial charge on any atom is 0.160 e. The van der Waals surface area contributed by atoms with Crippen molar-refractivity contribution in [3.63, 3.8) is 0 Å². The average Bonchev–Trinajstić information content (AvgIpc) is 2.84. The van der Waals surface area contributed by atoms with Crippen LogP contribution in [-0.2, 0) is 12.0 Å². The van der Waals surface area contributed by atoms with Crippen LogP contribution < -0.4 is 4.74 Å². The summed E-state index contributed by atoms with van der Waals surface area (Å²) in [6.07, 6.45) is 6.56. The highest BCUT2D eigenvalue weighted by molar-refractivity contribution is 9.09. The molecule has 0 N–H and O–H groups in total. The molecule has 96 valence electrons. The van der Waals surface area contributed by atoms with Crippen LogP contribution in [0.25, 0.3) is 0 Å². The van der Waals surface area contributed by atoms with Crippen LogP contribution in [-0.4, -0.2) is 21.7 Å². The van der Waals surface area contributed by atoms with Crippen molar-refractivity contribution in [3.05, 3.63) is 11.9 Å². The average molecular weight is 301 g/mol. The first kappa shape index (κ1) is 12.9. The molecule has 1 saturated carbocycles. The topological polar surface area (TPSA) is 27.1 Å². The Bertz CT molecular complexity index is 391. The van der Waals surface area contributed by atoms with E-state index in [-0.39, 0.29) is 5.41 Å². The molecule has 3 nitrogen and oxygen atoms in total. The minimum Gasteiger partial charge on any atom is -0.493 e. The molecule has 0 aliphatic heterocycles. The Labute approximate surface area is 112 Å². The van der Waals surface area contributed by atoms with Crippen LogP contribution in [0.4, 0.5) is 0 Å². The van der Waals surface area contributed by atoms with E-state index in [1.165, 1.54) is 25.0 Å². The number of rotatable bonds is 4. The van der Waals surface area contributed by atoms with E-state index in [2.05, 4.69) is 39.6 Å². The molecule has 1 aliphatic rings. The molecule has 0 saturated heterocycles. The zero-order valence-electron chi connectivity index (χ0n) is 10.9. The molecule has 0 amide bonds. The number of ether oxygens (including phenoxy) is 1. The lowest BCUT2D eigenvalue weighted by Crippen LogP contribution is -2.24. The van der Waals surface area contributed by atoms with Gasteiger partial charge in [0, 0.05) is 16.8 Å². The fourth-order valence-corrected chi connectivity index (χ4v) is 3.83. The number of nitrogens with zero attached hydrogens (tertiary/aromatic N) is 2. The highest BCUT2D eigenvalue weighted by atomic mass is 79.9. The van der Waals surface area contributed by atoms with Crippen molar-refractivity contribution in [2.45, 2.75) is 56.3 Å². The monoisotopic (exact) mass is 300 g/mol. The van der Waals surface area contributed by atoms with Crippen molar-refractivity contribution in [1.82, 2.24) is 9.78 Å². The standard InChI is InChI=1S/C13H21BrN2O/c1-4-7-16-12(11(17-3)9-15-16)13(2)6-5-10(14)8-13/h9-10H,4-8H2,1-3H3. The lowest BCUT2D eigenvalue weighted by molar-refractivity contribution is 0.369. The van der Waals surface area contributed by atoms with Gasteiger partial charge in [-0.25, -0.2) is 0 Å². The zero-order valence-corrected chi connectivity index (χ0v) is 12.5. The summed E-state index contributed by atoms with van der Waals surface area (Å²) < 4.78 is 7.62. The van der Waals surface area contributed by atoms with Crippen molar-refractivity contribution in [2.24, 2.45) is 0 Å². The molecule has 0 radical (unpaired) electrons. The molecule has 1 heterocycles. The van der Waals surface area contributed by atoms with Gasteiger partial charge in [0.1, 0.15) is 0 Å². The second-order valence-electron chi connectivity index (χ2n) is 5.19. The molecule has 1 aromatic rings. The van der Waals surface area contributed by atoms with Crippen molar-refractivity contribution in [3.8, 4) is 5.75 Å². The Kier molecular flexibility index (Phi) is 3.81. The summed E-state index contributed by atoms with van der Waals surface area (Å²) in [6.45, 7) is 5.49. The molecule has 17 heavy (non-hydrogen) atoms. The number of methoxy groups -OCH3 is 1. The second kappa shape index (κ2) is 5.01. The molecule has 1 fully saturated rings. The van der Waals surface area contributed by atoms with Gasteiger partial charge in [0.25, 0.3) is 0 Å². The summed E-state index contributed by atoms with van der Waals surface area (Å²) in [5.74, 6) is 0.947. The van der Waals surface area contributed by atoms with Crippen molar-refractivity contribution >= 4 is 15.9 Å². The summed E-state index contributed by atoms with van der Waals surface area (Å²) in [5.41, 5.74) is 1.48. The normalized spacial score (nSPS) is 28.6. The number of alkyl halides is 1. The molecule has 2 unspecified atom stereocenters. The van der Waals surface area contributed by atoms with Gasteiger partial charge in [-0.05, 0) is 25.7 Å². The van der Waals surface area contributed by atoms with Gasteiger partial charge >= 0.3 is 0 Å². The highest BCUT2D eigenvalue weighted by Gasteiger charge is 2.40. The van der Waals surface area contributed by atoms with Crippen LogP contribution in [0.1, 0.15) is 45.2 Å². The SMILES string of the molecule is CCCn1ncc(OC)c1C1(C)CCC(Br)C1. The summed E-state index contributed by atoms with van der Waals surface area (Å²) in [6, 6.07) is 0. The highest BCUT2D eigenvalue weighted by Crippen LogP contribution is 2.46. The predicted molar refractivity (Wildman–Crippen MR) is 73.0 cm³/mol. The second-order valence-corrected chi connectivity index (χ2v) is 6.48. The molecule has 0 aromatic carbocycles. The number of aromatic nitrogens is 2. The number of hydrogen-bond acceptors (Lipinski definition) is 2. The maximum absolute atomic E-state index is 5.49. The summed E-state index contributed by atoms with van der Waals surface area (Å²) in [5, 5.41) is 4.47. The first-order valence-corrected chi connectivity index (χ1v) is 7.26. The van der Waals surface area contributed by atoms with E-state index in [1.54, 1.807) is 7.11 Å². The van der Waals surface area contributed by atoms with Crippen molar-refractivity contribution in [1.29, 1.82) is 0 Å². The first-order valence-electron chi connectivity index (χ1n) is 6.35. The van der Waals surface area contributed by atoms with Crippen LogP contribution in [0.2, 0.25) is 0 Å². The molecule has 0 spiro atoms. The van der Waals surface area contributed by atoms with E-state index in [9.17, 15) is 0 Å².